The highest BCUT2D eigenvalue weighted by atomic mass is 16.6. The van der Waals surface area contributed by atoms with Crippen molar-refractivity contribution in [2.75, 3.05) is 4.90 Å². The number of nitro benzene ring substituents is 1. The van der Waals surface area contributed by atoms with E-state index in [1.165, 1.54) is 5.56 Å². The van der Waals surface area contributed by atoms with Crippen LogP contribution in [0.1, 0.15) is 24.5 Å². The van der Waals surface area contributed by atoms with E-state index >= 15 is 0 Å². The van der Waals surface area contributed by atoms with Crippen molar-refractivity contribution in [2.24, 2.45) is 0 Å². The fourth-order valence-corrected chi connectivity index (χ4v) is 3.05. The highest BCUT2D eigenvalue weighted by Gasteiger charge is 2.29. The van der Waals surface area contributed by atoms with Crippen LogP contribution in [0.15, 0.2) is 48.5 Å². The first kappa shape index (κ1) is 13.6. The van der Waals surface area contributed by atoms with Gasteiger partial charge < -0.3 is 4.90 Å². The lowest BCUT2D eigenvalue weighted by Crippen LogP contribution is -2.30. The summed E-state index contributed by atoms with van der Waals surface area (Å²) in [6.07, 6.45) is 1.93. The van der Waals surface area contributed by atoms with E-state index in [0.29, 0.717) is 6.04 Å². The van der Waals surface area contributed by atoms with Crippen molar-refractivity contribution in [3.05, 3.63) is 69.8 Å². The Bertz CT molecular complexity index is 655. The van der Waals surface area contributed by atoms with Gasteiger partial charge in [-0.3, -0.25) is 10.1 Å². The lowest BCUT2D eigenvalue weighted by atomic mass is 10.1. The minimum atomic E-state index is -0.318. The van der Waals surface area contributed by atoms with Gasteiger partial charge in [0.05, 0.1) is 4.92 Å². The highest BCUT2D eigenvalue weighted by molar-refractivity contribution is 5.63. The van der Waals surface area contributed by atoms with Crippen molar-refractivity contribution in [1.29, 1.82) is 0 Å². The van der Waals surface area contributed by atoms with Gasteiger partial charge in [-0.15, -0.1) is 0 Å². The van der Waals surface area contributed by atoms with Crippen LogP contribution in [-0.2, 0) is 13.0 Å². The molecular weight excluding hydrogens is 264 g/mol. The molecule has 0 aliphatic carbocycles. The molecule has 0 saturated heterocycles. The van der Waals surface area contributed by atoms with Gasteiger partial charge in [-0.1, -0.05) is 37.3 Å². The Morgan fingerprint density at radius 2 is 2.00 bits per heavy atom. The molecule has 0 amide bonds. The molecule has 0 saturated carbocycles. The molecule has 0 spiro atoms. The monoisotopic (exact) mass is 282 g/mol. The Morgan fingerprint density at radius 1 is 1.24 bits per heavy atom. The molecule has 108 valence electrons. The van der Waals surface area contributed by atoms with E-state index in [1.54, 1.807) is 12.1 Å². The molecule has 21 heavy (non-hydrogen) atoms. The van der Waals surface area contributed by atoms with E-state index in [9.17, 15) is 10.1 Å². The number of fused-ring (bicyclic) bond motifs is 1. The van der Waals surface area contributed by atoms with Crippen molar-refractivity contribution in [1.82, 2.24) is 0 Å². The predicted octanol–water partition coefficient (Wildman–Crippen LogP) is 3.94. The van der Waals surface area contributed by atoms with Gasteiger partial charge in [0, 0.05) is 30.4 Å². The highest BCUT2D eigenvalue weighted by Crippen LogP contribution is 2.36. The lowest BCUT2D eigenvalue weighted by molar-refractivity contribution is -0.384. The van der Waals surface area contributed by atoms with Crippen LogP contribution in [0.25, 0.3) is 0 Å². The van der Waals surface area contributed by atoms with Crippen LogP contribution in [0.3, 0.4) is 0 Å². The molecule has 1 atom stereocenters. The van der Waals surface area contributed by atoms with Crippen molar-refractivity contribution in [3.8, 4) is 0 Å². The fourth-order valence-electron chi connectivity index (χ4n) is 3.05. The van der Waals surface area contributed by atoms with Crippen LogP contribution in [0.4, 0.5) is 11.4 Å². The molecule has 0 unspecified atom stereocenters. The summed E-state index contributed by atoms with van der Waals surface area (Å²) in [7, 11) is 0. The minimum absolute atomic E-state index is 0.185. The van der Waals surface area contributed by atoms with Gasteiger partial charge in [-0.2, -0.15) is 0 Å². The molecule has 0 aromatic heterocycles. The van der Waals surface area contributed by atoms with Crippen LogP contribution in [-0.4, -0.2) is 11.0 Å². The SMILES string of the molecule is CC[C@@H]1Cc2cc([N+](=O)[O-])ccc2N1Cc1ccccc1. The van der Waals surface area contributed by atoms with Gasteiger partial charge in [-0.05, 0) is 30.0 Å². The van der Waals surface area contributed by atoms with Crippen LogP contribution in [0.5, 0.6) is 0 Å². The molecule has 0 N–H and O–H groups in total. The summed E-state index contributed by atoms with van der Waals surface area (Å²) in [5.41, 5.74) is 3.68. The van der Waals surface area contributed by atoms with E-state index in [4.69, 9.17) is 0 Å². The Labute approximate surface area is 124 Å². The molecule has 0 fully saturated rings. The maximum Gasteiger partial charge on any atom is 0.269 e. The number of anilines is 1. The molecule has 1 aliphatic rings. The van der Waals surface area contributed by atoms with Gasteiger partial charge in [0.1, 0.15) is 0 Å². The van der Waals surface area contributed by atoms with Gasteiger partial charge in [0.15, 0.2) is 0 Å². The molecule has 2 aromatic rings. The van der Waals surface area contributed by atoms with Crippen LogP contribution in [0, 0.1) is 10.1 Å². The minimum Gasteiger partial charge on any atom is -0.364 e. The first-order valence-electron chi connectivity index (χ1n) is 7.27. The molecular formula is C17H18N2O2. The third-order valence-corrected chi connectivity index (χ3v) is 4.15. The zero-order chi connectivity index (χ0) is 14.8. The summed E-state index contributed by atoms with van der Waals surface area (Å²) < 4.78 is 0. The molecule has 4 heteroatoms. The maximum absolute atomic E-state index is 10.9. The normalized spacial score (nSPS) is 16.8. The first-order valence-corrected chi connectivity index (χ1v) is 7.27. The molecule has 2 aromatic carbocycles. The van der Waals surface area contributed by atoms with Gasteiger partial charge in [0.25, 0.3) is 5.69 Å². The Kier molecular flexibility index (Phi) is 3.60. The summed E-state index contributed by atoms with van der Waals surface area (Å²) in [6, 6.07) is 16.0. The average Bonchev–Trinajstić information content (AvgIpc) is 2.85. The Hall–Kier alpha value is -2.36. The fraction of sp³-hybridized carbons (Fsp3) is 0.294. The van der Waals surface area contributed by atoms with Crippen LogP contribution in [0.2, 0.25) is 0 Å². The summed E-state index contributed by atoms with van der Waals surface area (Å²) in [5.74, 6) is 0. The number of non-ortho nitro benzene ring substituents is 1. The maximum atomic E-state index is 10.9. The van der Waals surface area contributed by atoms with E-state index in [1.807, 2.05) is 24.3 Å². The summed E-state index contributed by atoms with van der Waals surface area (Å²) >= 11 is 0. The largest absolute Gasteiger partial charge is 0.364 e. The van der Waals surface area contributed by atoms with Crippen molar-refractivity contribution < 1.29 is 4.92 Å². The second-order valence-corrected chi connectivity index (χ2v) is 5.45. The average molecular weight is 282 g/mol. The van der Waals surface area contributed by atoms with Crippen molar-refractivity contribution in [3.63, 3.8) is 0 Å². The van der Waals surface area contributed by atoms with Crippen molar-refractivity contribution >= 4 is 11.4 Å². The molecule has 0 bridgehead atoms. The second kappa shape index (κ2) is 5.56. The standard InChI is InChI=1S/C17H18N2O2/c1-2-15-10-14-11-16(19(20)21)8-9-17(14)18(15)12-13-6-4-3-5-7-13/h3-9,11,15H,2,10,12H2,1H3/t15-/m1/s1. The van der Waals surface area contributed by atoms with E-state index < -0.39 is 0 Å². The van der Waals surface area contributed by atoms with E-state index in [-0.39, 0.29) is 10.6 Å². The summed E-state index contributed by atoms with van der Waals surface area (Å²) in [5, 5.41) is 10.9. The van der Waals surface area contributed by atoms with Gasteiger partial charge in [0.2, 0.25) is 0 Å². The predicted molar refractivity (Wildman–Crippen MR) is 83.5 cm³/mol. The topological polar surface area (TPSA) is 46.4 Å². The van der Waals surface area contributed by atoms with Crippen LogP contribution >= 0.6 is 0 Å². The molecule has 0 radical (unpaired) electrons. The molecule has 1 aliphatic heterocycles. The number of rotatable bonds is 4. The first-order chi connectivity index (χ1) is 10.2. The van der Waals surface area contributed by atoms with Gasteiger partial charge in [-0.25, -0.2) is 0 Å². The smallest absolute Gasteiger partial charge is 0.269 e. The van der Waals surface area contributed by atoms with E-state index in [2.05, 4.69) is 24.0 Å². The summed E-state index contributed by atoms with van der Waals surface area (Å²) in [4.78, 5) is 13.0. The third-order valence-electron chi connectivity index (χ3n) is 4.15. The number of benzene rings is 2. The van der Waals surface area contributed by atoms with Crippen LogP contribution < -0.4 is 4.90 Å². The van der Waals surface area contributed by atoms with E-state index in [0.717, 1.165) is 30.6 Å². The quantitative estimate of drug-likeness (QED) is 0.630. The Balaban J connectivity index is 1.92. The number of hydrogen-bond donors (Lipinski definition) is 0. The molecule has 1 heterocycles. The third kappa shape index (κ3) is 2.61. The zero-order valence-corrected chi connectivity index (χ0v) is 12.0. The Morgan fingerprint density at radius 3 is 2.67 bits per heavy atom. The van der Waals surface area contributed by atoms with Crippen molar-refractivity contribution in [2.45, 2.75) is 32.4 Å². The van der Waals surface area contributed by atoms with Gasteiger partial charge >= 0.3 is 0 Å². The lowest BCUT2D eigenvalue weighted by Gasteiger charge is -2.27. The molecule has 3 rings (SSSR count). The number of hydrogen-bond acceptors (Lipinski definition) is 3. The second-order valence-electron chi connectivity index (χ2n) is 5.45. The zero-order valence-electron chi connectivity index (χ0n) is 12.0. The summed E-state index contributed by atoms with van der Waals surface area (Å²) in [6.45, 7) is 3.02. The number of nitrogens with zero attached hydrogens (tertiary/aromatic N) is 2. The number of nitro groups is 1. The molecule has 4 nitrogen and oxygen atoms in total.